The van der Waals surface area contributed by atoms with E-state index in [-0.39, 0.29) is 54.3 Å². The average Bonchev–Trinajstić information content (AvgIpc) is 2.76. The van der Waals surface area contributed by atoms with Crippen LogP contribution in [0.4, 0.5) is 0 Å². The van der Waals surface area contributed by atoms with E-state index in [1.165, 1.54) is 34.6 Å². The summed E-state index contributed by atoms with van der Waals surface area (Å²) in [5.41, 5.74) is -0.653. The van der Waals surface area contributed by atoms with E-state index >= 15 is 0 Å². The molecule has 1 N–H and O–H groups in total. The minimum atomic E-state index is -1.37. The van der Waals surface area contributed by atoms with Crippen molar-refractivity contribution < 1.29 is 48.0 Å². The summed E-state index contributed by atoms with van der Waals surface area (Å²) < 4.78 is 20.7. The maximum Gasteiger partial charge on any atom is 0.333 e. The van der Waals surface area contributed by atoms with Crippen molar-refractivity contribution in [3.05, 3.63) is 60.8 Å². The lowest BCUT2D eigenvalue weighted by Crippen LogP contribution is -2.44. The number of rotatable bonds is 13. The number of aliphatic carboxylic acids is 1. The Labute approximate surface area is 205 Å². The van der Waals surface area contributed by atoms with Gasteiger partial charge in [-0.25, -0.2) is 24.0 Å². The summed E-state index contributed by atoms with van der Waals surface area (Å²) in [5.74, 6) is -3.78. The van der Waals surface area contributed by atoms with Gasteiger partial charge in [-0.3, -0.25) is 0 Å². The molecule has 0 heterocycles. The number of carboxylic acid groups (broad SMARTS) is 1. The lowest BCUT2D eigenvalue weighted by Gasteiger charge is -2.31. The van der Waals surface area contributed by atoms with E-state index in [2.05, 4.69) is 32.9 Å². The van der Waals surface area contributed by atoms with Crippen LogP contribution in [0.5, 0.6) is 0 Å². The van der Waals surface area contributed by atoms with Gasteiger partial charge in [0.2, 0.25) is 0 Å². The number of carbonyl (C=O) groups is 5. The second-order valence-electron chi connectivity index (χ2n) is 8.01. The molecule has 0 amide bonds. The first-order valence-corrected chi connectivity index (χ1v) is 10.1. The number of carbonyl (C=O) groups excluding carboxylic acids is 4. The molecular formula is C25H34O10. The molecule has 0 bridgehead atoms. The van der Waals surface area contributed by atoms with Crippen LogP contribution >= 0.6 is 0 Å². The minimum absolute atomic E-state index is 0.135. The highest BCUT2D eigenvalue weighted by Gasteiger charge is 2.38. The molecule has 0 spiro atoms. The van der Waals surface area contributed by atoms with Crippen LogP contribution in [0.3, 0.4) is 0 Å². The van der Waals surface area contributed by atoms with Gasteiger partial charge in [-0.05, 0) is 34.6 Å². The van der Waals surface area contributed by atoms with Gasteiger partial charge in [-0.1, -0.05) is 32.9 Å². The summed E-state index contributed by atoms with van der Waals surface area (Å²) in [6, 6.07) is 0. The van der Waals surface area contributed by atoms with Gasteiger partial charge in [-0.2, -0.15) is 0 Å². The van der Waals surface area contributed by atoms with Crippen LogP contribution < -0.4 is 0 Å². The van der Waals surface area contributed by atoms with Gasteiger partial charge in [0.15, 0.2) is 0 Å². The van der Waals surface area contributed by atoms with Gasteiger partial charge in [-0.15, -0.1) is 0 Å². The van der Waals surface area contributed by atoms with Crippen LogP contribution in [-0.2, 0) is 42.9 Å². The summed E-state index contributed by atoms with van der Waals surface area (Å²) in [6.07, 6.45) is 0. The summed E-state index contributed by atoms with van der Waals surface area (Å²) in [4.78, 5) is 57.0. The molecule has 0 fully saturated rings. The van der Waals surface area contributed by atoms with Gasteiger partial charge < -0.3 is 24.1 Å². The fourth-order valence-corrected chi connectivity index (χ4v) is 1.62. The Morgan fingerprint density at radius 2 is 0.686 bits per heavy atom. The summed E-state index contributed by atoms with van der Waals surface area (Å²) in [6.45, 7) is 22.8. The highest BCUT2D eigenvalue weighted by atomic mass is 16.6. The summed E-state index contributed by atoms with van der Waals surface area (Å²) >= 11 is 0. The van der Waals surface area contributed by atoms with Gasteiger partial charge in [0, 0.05) is 27.9 Å². The standard InChI is InChI=1S/C21H28O8.C4H6O2/c1-13(2)17(22)26-9-21(10-27-18(23)14(3)4,11-28-19(24)15(5)6)12-29-20(25)16(7)8;1-3(2)4(5)6/h1,3,5,7,9-12H2,2,4,6,8H3;1H2,2H3,(H,5,6). The fourth-order valence-electron chi connectivity index (χ4n) is 1.62. The quantitative estimate of drug-likeness (QED) is 0.230. The van der Waals surface area contributed by atoms with Crippen molar-refractivity contribution >= 4 is 29.8 Å². The molecule has 10 heteroatoms. The molecule has 0 aromatic rings. The van der Waals surface area contributed by atoms with E-state index in [0.29, 0.717) is 0 Å². The Hall–Kier alpha value is -3.95. The first-order chi connectivity index (χ1) is 16.0. The Morgan fingerprint density at radius 3 is 0.800 bits per heavy atom. The molecule has 10 nitrogen and oxygen atoms in total. The maximum atomic E-state index is 11.8. The van der Waals surface area contributed by atoms with Crippen LogP contribution in [0.2, 0.25) is 0 Å². The second-order valence-corrected chi connectivity index (χ2v) is 8.01. The summed E-state index contributed by atoms with van der Waals surface area (Å²) in [5, 5.41) is 7.89. The molecule has 0 aliphatic rings. The molecule has 0 atom stereocenters. The van der Waals surface area contributed by atoms with Gasteiger partial charge in [0.05, 0.1) is 0 Å². The van der Waals surface area contributed by atoms with E-state index in [1.807, 2.05) is 0 Å². The third-order valence-corrected chi connectivity index (χ3v) is 3.80. The fraction of sp³-hybridized carbons (Fsp3) is 0.400. The van der Waals surface area contributed by atoms with Crippen molar-refractivity contribution in [2.45, 2.75) is 34.6 Å². The number of hydrogen-bond acceptors (Lipinski definition) is 9. The molecule has 35 heavy (non-hydrogen) atoms. The van der Waals surface area contributed by atoms with Crippen molar-refractivity contribution in [2.24, 2.45) is 5.41 Å². The van der Waals surface area contributed by atoms with E-state index in [1.54, 1.807) is 0 Å². The maximum absolute atomic E-state index is 11.8. The molecule has 0 saturated heterocycles. The number of esters is 4. The largest absolute Gasteiger partial charge is 0.478 e. The van der Waals surface area contributed by atoms with Gasteiger partial charge in [0.25, 0.3) is 0 Å². The van der Waals surface area contributed by atoms with Crippen molar-refractivity contribution in [3.8, 4) is 0 Å². The molecular weight excluding hydrogens is 460 g/mol. The smallest absolute Gasteiger partial charge is 0.333 e. The van der Waals surface area contributed by atoms with Crippen LogP contribution in [0.1, 0.15) is 34.6 Å². The topological polar surface area (TPSA) is 143 Å². The van der Waals surface area contributed by atoms with E-state index in [9.17, 15) is 24.0 Å². The van der Waals surface area contributed by atoms with Crippen LogP contribution in [-0.4, -0.2) is 61.4 Å². The summed E-state index contributed by atoms with van der Waals surface area (Å²) in [7, 11) is 0. The minimum Gasteiger partial charge on any atom is -0.478 e. The number of ether oxygens (including phenoxy) is 4. The SMILES string of the molecule is C=C(C)C(=O)O.C=C(C)C(=O)OCC(COC(=O)C(=C)C)(COC(=O)C(=C)C)COC(=O)C(=C)C. The monoisotopic (exact) mass is 494 g/mol. The molecule has 0 rings (SSSR count). The van der Waals surface area contributed by atoms with Gasteiger partial charge >= 0.3 is 29.8 Å². The average molecular weight is 495 g/mol. The molecule has 0 aliphatic heterocycles. The normalized spacial score (nSPS) is 9.86. The molecule has 0 aromatic carbocycles. The lowest BCUT2D eigenvalue weighted by atomic mass is 9.92. The Kier molecular flexibility index (Phi) is 15.0. The zero-order valence-electron chi connectivity index (χ0n) is 21.0. The number of carboxylic acids is 1. The highest BCUT2D eigenvalue weighted by Crippen LogP contribution is 2.23. The van der Waals surface area contributed by atoms with E-state index < -0.39 is 35.3 Å². The third kappa shape index (κ3) is 14.7. The molecule has 0 unspecified atom stereocenters. The van der Waals surface area contributed by atoms with Crippen LogP contribution in [0, 0.1) is 5.41 Å². The van der Waals surface area contributed by atoms with Gasteiger partial charge in [0.1, 0.15) is 31.8 Å². The van der Waals surface area contributed by atoms with E-state index in [4.69, 9.17) is 24.1 Å². The molecule has 0 aromatic heterocycles. The Balaban J connectivity index is 0. The highest BCUT2D eigenvalue weighted by molar-refractivity contribution is 5.88. The zero-order valence-corrected chi connectivity index (χ0v) is 21.0. The van der Waals surface area contributed by atoms with Crippen molar-refractivity contribution in [1.82, 2.24) is 0 Å². The molecule has 194 valence electrons. The molecule has 0 saturated carbocycles. The van der Waals surface area contributed by atoms with Crippen LogP contribution in [0.15, 0.2) is 60.8 Å². The third-order valence-electron chi connectivity index (χ3n) is 3.80. The second kappa shape index (κ2) is 15.8. The van der Waals surface area contributed by atoms with Crippen molar-refractivity contribution in [1.29, 1.82) is 0 Å². The van der Waals surface area contributed by atoms with Crippen molar-refractivity contribution in [2.75, 3.05) is 26.4 Å². The predicted octanol–water partition coefficient (Wildman–Crippen LogP) is 3.10. The number of hydrogen-bond donors (Lipinski definition) is 1. The van der Waals surface area contributed by atoms with Crippen molar-refractivity contribution in [3.63, 3.8) is 0 Å². The molecule has 0 radical (unpaired) electrons. The lowest BCUT2D eigenvalue weighted by molar-refractivity contribution is -0.165. The molecule has 0 aliphatic carbocycles. The Morgan fingerprint density at radius 1 is 0.514 bits per heavy atom. The predicted molar refractivity (Wildman–Crippen MR) is 128 cm³/mol. The zero-order chi connectivity index (χ0) is 27.9. The first-order valence-electron chi connectivity index (χ1n) is 10.1. The van der Waals surface area contributed by atoms with E-state index in [0.717, 1.165) is 0 Å². The Bertz CT molecular complexity index is 770. The van der Waals surface area contributed by atoms with Crippen LogP contribution in [0.25, 0.3) is 0 Å². The first kappa shape index (κ1) is 33.2.